The Morgan fingerprint density at radius 2 is 1.98 bits per heavy atom. The highest BCUT2D eigenvalue weighted by molar-refractivity contribution is 5.87. The van der Waals surface area contributed by atoms with E-state index in [-0.39, 0.29) is 23.3 Å². The van der Waals surface area contributed by atoms with Gasteiger partial charge in [-0.25, -0.2) is 4.98 Å². The molecule has 0 bridgehead atoms. The monoisotopic (exact) mass is 572 g/mol. The number of nitrogens with zero attached hydrogens (tertiary/aromatic N) is 3. The van der Waals surface area contributed by atoms with E-state index < -0.39 is 0 Å². The first-order valence-electron chi connectivity index (χ1n) is 15.8. The van der Waals surface area contributed by atoms with Gasteiger partial charge in [0, 0.05) is 35.9 Å². The fourth-order valence-corrected chi connectivity index (χ4v) is 6.65. The molecular weight excluding hydrogens is 528 g/mol. The molecule has 2 aliphatic carbocycles. The van der Waals surface area contributed by atoms with E-state index in [1.165, 1.54) is 12.8 Å². The van der Waals surface area contributed by atoms with Crippen molar-refractivity contribution in [3.8, 4) is 17.1 Å². The molecule has 42 heavy (non-hydrogen) atoms. The number of nitrogens with one attached hydrogen (secondary N) is 1. The van der Waals surface area contributed by atoms with Crippen molar-refractivity contribution in [2.45, 2.75) is 83.6 Å². The van der Waals surface area contributed by atoms with E-state index in [9.17, 15) is 9.59 Å². The summed E-state index contributed by atoms with van der Waals surface area (Å²) in [5.41, 5.74) is 2.78. The van der Waals surface area contributed by atoms with Crippen LogP contribution < -0.4 is 10.1 Å². The van der Waals surface area contributed by atoms with Crippen LogP contribution in [0.1, 0.15) is 88.3 Å². The zero-order valence-corrected chi connectivity index (χ0v) is 25.3. The van der Waals surface area contributed by atoms with Crippen LogP contribution in [-0.4, -0.2) is 53.8 Å². The van der Waals surface area contributed by atoms with Gasteiger partial charge in [0.2, 0.25) is 11.8 Å². The van der Waals surface area contributed by atoms with E-state index in [1.807, 2.05) is 31.2 Å². The molecule has 1 saturated heterocycles. The number of amides is 1. The Balaban J connectivity index is 1.16. The van der Waals surface area contributed by atoms with Crippen molar-refractivity contribution < 1.29 is 18.7 Å². The number of carbonyl (C=O) groups is 2. The number of ether oxygens (including phenoxy) is 1. The predicted octanol–water partition coefficient (Wildman–Crippen LogP) is 6.42. The van der Waals surface area contributed by atoms with Crippen molar-refractivity contribution >= 4 is 22.6 Å². The van der Waals surface area contributed by atoms with Gasteiger partial charge in [-0.3, -0.25) is 14.6 Å². The first kappa shape index (κ1) is 28.8. The zero-order chi connectivity index (χ0) is 29.3. The number of oxazole rings is 1. The Labute approximate surface area is 248 Å². The normalized spacial score (nSPS) is 20.5. The number of fused-ring (bicyclic) bond motifs is 1. The second-order valence-corrected chi connectivity index (χ2v) is 13.0. The number of likely N-dealkylation sites (tertiary alicyclic amines) is 1. The maximum Gasteiger partial charge on any atom is 0.224 e. The molecule has 8 nitrogen and oxygen atoms in total. The Hall–Kier alpha value is -3.26. The minimum atomic E-state index is -0.312. The number of aryl methyl sites for hydroxylation is 1. The van der Waals surface area contributed by atoms with Gasteiger partial charge in [0.25, 0.3) is 0 Å². The molecule has 3 heterocycles. The van der Waals surface area contributed by atoms with Crippen LogP contribution in [-0.2, 0) is 9.59 Å². The number of carbonyl (C=O) groups excluding carboxylic acids is 2. The maximum atomic E-state index is 13.5. The van der Waals surface area contributed by atoms with E-state index in [0.29, 0.717) is 35.5 Å². The van der Waals surface area contributed by atoms with Gasteiger partial charge >= 0.3 is 0 Å². The van der Waals surface area contributed by atoms with Gasteiger partial charge in [-0.2, -0.15) is 0 Å². The van der Waals surface area contributed by atoms with Crippen LogP contribution in [0.4, 0.5) is 0 Å². The molecule has 224 valence electrons. The van der Waals surface area contributed by atoms with Gasteiger partial charge in [0.1, 0.15) is 17.6 Å². The molecule has 2 atom stereocenters. The molecule has 3 aromatic rings. The molecule has 1 N–H and O–H groups in total. The van der Waals surface area contributed by atoms with Gasteiger partial charge in [-0.1, -0.05) is 18.9 Å². The molecule has 1 aliphatic heterocycles. The standard InChI is InChI=1S/C34H44N4O4/c1-22-9-12-24-18-26(30(41-3)19-29(24)36-22)31-21-35-33(42-31)28(8-6-4-5-7-25(39)17-23-10-11-23)37-32(40)27-20-34(27)13-15-38(2)16-14-34/h9,12,18-19,21,23,27-28H,4-8,10-11,13-17,20H2,1-3H3,(H,37,40)/t27-,28?/m1/s1. The number of benzene rings is 1. The third-order valence-electron chi connectivity index (χ3n) is 9.70. The highest BCUT2D eigenvalue weighted by Gasteiger charge is 2.58. The number of pyridine rings is 1. The number of methoxy groups -OCH3 is 1. The molecule has 2 saturated carbocycles. The average molecular weight is 573 g/mol. The second-order valence-electron chi connectivity index (χ2n) is 13.0. The molecule has 1 spiro atoms. The number of rotatable bonds is 13. The Morgan fingerprint density at radius 3 is 2.74 bits per heavy atom. The molecule has 1 aromatic carbocycles. The van der Waals surface area contributed by atoms with E-state index in [0.717, 1.165) is 86.6 Å². The third kappa shape index (κ3) is 6.54. The molecular formula is C34H44N4O4. The van der Waals surface area contributed by atoms with Crippen LogP contribution in [0.15, 0.2) is 34.9 Å². The Morgan fingerprint density at radius 1 is 1.17 bits per heavy atom. The summed E-state index contributed by atoms with van der Waals surface area (Å²) in [6.45, 7) is 4.08. The zero-order valence-electron chi connectivity index (χ0n) is 25.3. The van der Waals surface area contributed by atoms with Crippen molar-refractivity contribution in [2.75, 3.05) is 27.2 Å². The summed E-state index contributed by atoms with van der Waals surface area (Å²) in [5, 5.41) is 4.32. The van der Waals surface area contributed by atoms with Crippen molar-refractivity contribution in [2.24, 2.45) is 17.3 Å². The van der Waals surface area contributed by atoms with Crippen LogP contribution in [0.3, 0.4) is 0 Å². The summed E-state index contributed by atoms with van der Waals surface area (Å²) in [7, 11) is 3.80. The lowest BCUT2D eigenvalue weighted by molar-refractivity contribution is -0.124. The van der Waals surface area contributed by atoms with Gasteiger partial charge in [-0.15, -0.1) is 0 Å². The third-order valence-corrected chi connectivity index (χ3v) is 9.70. The number of aromatic nitrogens is 2. The number of ketones is 1. The first-order valence-corrected chi connectivity index (χ1v) is 15.8. The highest BCUT2D eigenvalue weighted by Crippen LogP contribution is 2.59. The topological polar surface area (TPSA) is 97.6 Å². The largest absolute Gasteiger partial charge is 0.496 e. The van der Waals surface area contributed by atoms with Crippen molar-refractivity contribution in [3.05, 3.63) is 42.0 Å². The lowest BCUT2D eigenvalue weighted by Gasteiger charge is -2.30. The minimum Gasteiger partial charge on any atom is -0.496 e. The average Bonchev–Trinajstić information content (AvgIpc) is 3.88. The van der Waals surface area contributed by atoms with Crippen LogP contribution in [0, 0.1) is 24.2 Å². The fourth-order valence-electron chi connectivity index (χ4n) is 6.65. The lowest BCUT2D eigenvalue weighted by atomic mass is 9.91. The number of hydrogen-bond acceptors (Lipinski definition) is 7. The van der Waals surface area contributed by atoms with Gasteiger partial charge < -0.3 is 19.4 Å². The van der Waals surface area contributed by atoms with E-state index in [1.54, 1.807) is 13.3 Å². The lowest BCUT2D eigenvalue weighted by Crippen LogP contribution is -2.36. The van der Waals surface area contributed by atoms with Crippen molar-refractivity contribution in [1.82, 2.24) is 20.2 Å². The quantitative estimate of drug-likeness (QED) is 0.236. The Bertz CT molecular complexity index is 1440. The number of Topliss-reactive ketones (excluding diaryl/α,β-unsaturated/α-hetero) is 1. The molecule has 6 rings (SSSR count). The molecule has 8 heteroatoms. The SMILES string of the molecule is COc1cc2nc(C)ccc2cc1-c1cnc(C(CCCCCC(=O)CC2CC2)NC(=O)[C@H]2CC23CCN(C)CC3)o1. The van der Waals surface area contributed by atoms with Crippen molar-refractivity contribution in [3.63, 3.8) is 0 Å². The Kier molecular flexibility index (Phi) is 8.35. The highest BCUT2D eigenvalue weighted by atomic mass is 16.5. The van der Waals surface area contributed by atoms with E-state index in [2.05, 4.69) is 27.2 Å². The summed E-state index contributed by atoms with van der Waals surface area (Å²) in [6.07, 6.45) is 12.2. The van der Waals surface area contributed by atoms with Gasteiger partial charge in [-0.05, 0) is 95.5 Å². The molecule has 3 fully saturated rings. The minimum absolute atomic E-state index is 0.0692. The number of piperidine rings is 1. The molecule has 0 radical (unpaired) electrons. The summed E-state index contributed by atoms with van der Waals surface area (Å²) in [6, 6.07) is 7.67. The second kappa shape index (κ2) is 12.2. The van der Waals surface area contributed by atoms with Crippen LogP contribution in [0.25, 0.3) is 22.2 Å². The van der Waals surface area contributed by atoms with Gasteiger partial charge in [0.05, 0.1) is 24.4 Å². The molecule has 3 aliphatic rings. The predicted molar refractivity (Wildman–Crippen MR) is 162 cm³/mol. The van der Waals surface area contributed by atoms with Gasteiger partial charge in [0.15, 0.2) is 5.76 Å². The number of hydrogen-bond donors (Lipinski definition) is 1. The van der Waals surface area contributed by atoms with Crippen LogP contribution in [0.2, 0.25) is 0 Å². The van der Waals surface area contributed by atoms with E-state index in [4.69, 9.17) is 9.15 Å². The first-order chi connectivity index (χ1) is 20.3. The molecule has 1 unspecified atom stereocenters. The van der Waals surface area contributed by atoms with Crippen molar-refractivity contribution in [1.29, 1.82) is 0 Å². The summed E-state index contributed by atoms with van der Waals surface area (Å²) in [5.74, 6) is 3.02. The molecule has 1 amide bonds. The molecule has 2 aromatic heterocycles. The maximum absolute atomic E-state index is 13.5. The summed E-state index contributed by atoms with van der Waals surface area (Å²) < 4.78 is 12.1. The van der Waals surface area contributed by atoms with Crippen LogP contribution >= 0.6 is 0 Å². The fraction of sp³-hybridized carbons (Fsp3) is 0.588. The van der Waals surface area contributed by atoms with E-state index >= 15 is 0 Å². The summed E-state index contributed by atoms with van der Waals surface area (Å²) >= 11 is 0. The van der Waals surface area contributed by atoms with Crippen LogP contribution in [0.5, 0.6) is 5.75 Å². The number of unbranched alkanes of at least 4 members (excludes halogenated alkanes) is 2. The summed E-state index contributed by atoms with van der Waals surface area (Å²) in [4.78, 5) is 37.4. The smallest absolute Gasteiger partial charge is 0.224 e.